The standard InChI is InChI=1S/C6H18N3OP.C2H4O2/c1-7(2)11(10,8(3)4)9(5)6;1-2(3)4/h1-6H3;1H3,(H,3,4). The van der Waals surface area contributed by atoms with Gasteiger partial charge in [-0.3, -0.25) is 9.36 Å². The van der Waals surface area contributed by atoms with E-state index >= 15 is 0 Å². The average molecular weight is 239 g/mol. The summed E-state index contributed by atoms with van der Waals surface area (Å²) < 4.78 is 17.3. The molecule has 0 aliphatic heterocycles. The van der Waals surface area contributed by atoms with Crippen molar-refractivity contribution in [2.24, 2.45) is 0 Å². The number of carboxylic acid groups (broad SMARTS) is 1. The largest absolute Gasteiger partial charge is 0.481 e. The molecule has 0 fully saturated rings. The summed E-state index contributed by atoms with van der Waals surface area (Å²) in [6.45, 7) is 1.08. The third kappa shape index (κ3) is 5.89. The van der Waals surface area contributed by atoms with Gasteiger partial charge in [0.2, 0.25) is 0 Å². The molecular formula is C8H22N3O3P. The van der Waals surface area contributed by atoms with Crippen molar-refractivity contribution < 1.29 is 14.5 Å². The van der Waals surface area contributed by atoms with Crippen LogP contribution in [0.1, 0.15) is 6.92 Å². The fraction of sp³-hybridized carbons (Fsp3) is 0.875. The van der Waals surface area contributed by atoms with Gasteiger partial charge < -0.3 is 5.11 Å². The van der Waals surface area contributed by atoms with E-state index in [4.69, 9.17) is 9.90 Å². The maximum Gasteiger partial charge on any atom is 0.300 e. The van der Waals surface area contributed by atoms with Gasteiger partial charge in [-0.05, 0) is 42.3 Å². The fourth-order valence-electron chi connectivity index (χ4n) is 1.07. The molecule has 0 saturated heterocycles. The van der Waals surface area contributed by atoms with Crippen LogP contribution >= 0.6 is 7.59 Å². The number of hydrogen-bond acceptors (Lipinski definition) is 2. The van der Waals surface area contributed by atoms with Crippen molar-refractivity contribution >= 4 is 13.6 Å². The molecule has 0 saturated carbocycles. The van der Waals surface area contributed by atoms with Crippen LogP contribution in [0, 0.1) is 0 Å². The Bertz CT molecular complexity index is 209. The van der Waals surface area contributed by atoms with Gasteiger partial charge in [0.1, 0.15) is 0 Å². The SMILES string of the molecule is CC(=O)O.CN(C)P(=O)(N(C)C)N(C)C. The van der Waals surface area contributed by atoms with Crippen LogP contribution in [0.4, 0.5) is 0 Å². The van der Waals surface area contributed by atoms with E-state index in [1.165, 1.54) is 0 Å². The first-order valence-corrected chi connectivity index (χ1v) is 5.96. The minimum absolute atomic E-state index is 0.833. The van der Waals surface area contributed by atoms with Crippen LogP contribution in [-0.4, -0.2) is 67.4 Å². The molecule has 15 heavy (non-hydrogen) atoms. The summed E-state index contributed by atoms with van der Waals surface area (Å²) in [6, 6.07) is 0. The minimum Gasteiger partial charge on any atom is -0.481 e. The predicted octanol–water partition coefficient (Wildman–Crippen LogP) is 0.870. The molecule has 0 heterocycles. The van der Waals surface area contributed by atoms with Crippen LogP contribution in [0.5, 0.6) is 0 Å². The highest BCUT2D eigenvalue weighted by atomic mass is 31.2. The van der Waals surface area contributed by atoms with Crippen molar-refractivity contribution in [3.8, 4) is 0 Å². The van der Waals surface area contributed by atoms with Crippen molar-refractivity contribution in [2.45, 2.75) is 6.92 Å². The monoisotopic (exact) mass is 239 g/mol. The summed E-state index contributed by atoms with van der Waals surface area (Å²) in [6.07, 6.45) is 0. The molecule has 0 aromatic rings. The lowest BCUT2D eigenvalue weighted by Crippen LogP contribution is -2.30. The average Bonchev–Trinajstić information content (AvgIpc) is 2.00. The maximum atomic E-state index is 12.1. The third-order valence-electron chi connectivity index (χ3n) is 1.56. The van der Waals surface area contributed by atoms with Crippen molar-refractivity contribution in [2.75, 3.05) is 42.3 Å². The first-order chi connectivity index (χ1) is 6.56. The first kappa shape index (κ1) is 17.0. The highest BCUT2D eigenvalue weighted by Crippen LogP contribution is 2.50. The first-order valence-electron chi connectivity index (χ1n) is 4.39. The Hall–Kier alpha value is -0.420. The van der Waals surface area contributed by atoms with Crippen LogP contribution < -0.4 is 0 Å². The zero-order chi connectivity index (χ0) is 12.8. The smallest absolute Gasteiger partial charge is 0.300 e. The number of carbonyl (C=O) groups is 1. The Kier molecular flexibility index (Phi) is 7.88. The van der Waals surface area contributed by atoms with Gasteiger partial charge in [0.25, 0.3) is 13.6 Å². The van der Waals surface area contributed by atoms with E-state index < -0.39 is 13.6 Å². The van der Waals surface area contributed by atoms with Gasteiger partial charge >= 0.3 is 0 Å². The molecule has 92 valence electrons. The van der Waals surface area contributed by atoms with E-state index in [-0.39, 0.29) is 0 Å². The summed E-state index contributed by atoms with van der Waals surface area (Å²) >= 11 is 0. The molecular weight excluding hydrogens is 217 g/mol. The Balaban J connectivity index is 0. The Morgan fingerprint density at radius 1 is 0.933 bits per heavy atom. The van der Waals surface area contributed by atoms with E-state index in [1.807, 2.05) is 42.3 Å². The summed E-state index contributed by atoms with van der Waals surface area (Å²) in [4.78, 5) is 9.00. The van der Waals surface area contributed by atoms with Gasteiger partial charge in [-0.2, -0.15) is 0 Å². The highest BCUT2D eigenvalue weighted by Gasteiger charge is 2.30. The van der Waals surface area contributed by atoms with E-state index in [1.54, 1.807) is 14.0 Å². The van der Waals surface area contributed by atoms with Crippen molar-refractivity contribution in [3.63, 3.8) is 0 Å². The molecule has 1 N–H and O–H groups in total. The second kappa shape index (κ2) is 6.95. The van der Waals surface area contributed by atoms with E-state index in [9.17, 15) is 4.57 Å². The molecule has 0 aromatic carbocycles. The Morgan fingerprint density at radius 2 is 1.07 bits per heavy atom. The summed E-state index contributed by atoms with van der Waals surface area (Å²) in [5, 5.41) is 7.42. The predicted molar refractivity (Wildman–Crippen MR) is 62.0 cm³/mol. The van der Waals surface area contributed by atoms with Crippen LogP contribution in [-0.2, 0) is 9.36 Å². The zero-order valence-electron chi connectivity index (χ0n) is 10.6. The highest BCUT2D eigenvalue weighted by molar-refractivity contribution is 7.56. The van der Waals surface area contributed by atoms with E-state index in [2.05, 4.69) is 0 Å². The van der Waals surface area contributed by atoms with Crippen molar-refractivity contribution in [1.82, 2.24) is 14.0 Å². The second-order valence-electron chi connectivity index (χ2n) is 3.57. The van der Waals surface area contributed by atoms with E-state index in [0.29, 0.717) is 0 Å². The van der Waals surface area contributed by atoms with Gasteiger partial charge in [0.15, 0.2) is 0 Å². The molecule has 7 heteroatoms. The van der Waals surface area contributed by atoms with Crippen molar-refractivity contribution in [1.29, 1.82) is 0 Å². The number of carboxylic acids is 1. The van der Waals surface area contributed by atoms with Gasteiger partial charge in [0.05, 0.1) is 0 Å². The molecule has 6 nitrogen and oxygen atoms in total. The molecule has 0 bridgehead atoms. The molecule has 0 amide bonds. The number of rotatable bonds is 3. The lowest BCUT2D eigenvalue weighted by molar-refractivity contribution is -0.134. The lowest BCUT2D eigenvalue weighted by Gasteiger charge is -2.34. The molecule has 0 aromatic heterocycles. The molecule has 0 aliphatic carbocycles. The molecule has 0 rings (SSSR count). The van der Waals surface area contributed by atoms with Crippen LogP contribution in [0.2, 0.25) is 0 Å². The van der Waals surface area contributed by atoms with Crippen molar-refractivity contribution in [3.05, 3.63) is 0 Å². The topological polar surface area (TPSA) is 64.1 Å². The lowest BCUT2D eigenvalue weighted by atomic mass is 10.9. The number of aliphatic carboxylic acids is 1. The summed E-state index contributed by atoms with van der Waals surface area (Å²) in [5.41, 5.74) is 0. The quantitative estimate of drug-likeness (QED) is 0.737. The normalized spacial score (nSPS) is 11.6. The molecule has 0 unspecified atom stereocenters. The summed E-state index contributed by atoms with van der Waals surface area (Å²) in [7, 11) is 8.49. The maximum absolute atomic E-state index is 12.1. The van der Waals surface area contributed by atoms with Gasteiger partial charge in [-0.1, -0.05) is 0 Å². The molecule has 0 radical (unpaired) electrons. The van der Waals surface area contributed by atoms with E-state index in [0.717, 1.165) is 6.92 Å². The molecule has 0 atom stereocenters. The van der Waals surface area contributed by atoms with Gasteiger partial charge in [0, 0.05) is 6.92 Å². The molecule has 0 aliphatic rings. The minimum atomic E-state index is -2.44. The zero-order valence-corrected chi connectivity index (χ0v) is 11.4. The van der Waals surface area contributed by atoms with Crippen LogP contribution in [0.3, 0.4) is 0 Å². The molecule has 0 spiro atoms. The Morgan fingerprint density at radius 3 is 1.07 bits per heavy atom. The second-order valence-corrected chi connectivity index (χ2v) is 7.00. The Labute approximate surface area is 92.0 Å². The number of nitrogens with zero attached hydrogens (tertiary/aromatic N) is 3. The van der Waals surface area contributed by atoms with Crippen LogP contribution in [0.25, 0.3) is 0 Å². The number of hydrogen-bond donors (Lipinski definition) is 1. The van der Waals surface area contributed by atoms with Crippen LogP contribution in [0.15, 0.2) is 0 Å². The van der Waals surface area contributed by atoms with Gasteiger partial charge in [-0.25, -0.2) is 14.0 Å². The summed E-state index contributed by atoms with van der Waals surface area (Å²) in [5.74, 6) is -0.833. The van der Waals surface area contributed by atoms with Gasteiger partial charge in [-0.15, -0.1) is 0 Å². The fourth-order valence-corrected chi connectivity index (χ4v) is 3.22. The third-order valence-corrected chi connectivity index (χ3v) is 4.69.